The van der Waals surface area contributed by atoms with E-state index < -0.39 is 6.03 Å². The highest BCUT2D eigenvalue weighted by molar-refractivity contribution is 6.03. The highest BCUT2D eigenvalue weighted by Crippen LogP contribution is 2.39. The van der Waals surface area contributed by atoms with Crippen molar-refractivity contribution in [2.24, 2.45) is 0 Å². The summed E-state index contributed by atoms with van der Waals surface area (Å²) in [6, 6.07) is 21.3. The number of carbonyl (C=O) groups excluding carboxylic acids is 2. The second-order valence-electron chi connectivity index (χ2n) is 12.1. The van der Waals surface area contributed by atoms with Gasteiger partial charge in [0.1, 0.15) is 11.4 Å². The molecule has 0 bridgehead atoms. The number of hydrazine groups is 1. The number of benzene rings is 3. The molecular formula is C37H33ClN6O5. The molecule has 0 fully saturated rings. The smallest absolute Gasteiger partial charge is 0.351 e. The molecule has 3 aliphatic heterocycles. The average Bonchev–Trinajstić information content (AvgIpc) is 3.73. The molecule has 5 aromatic rings. The fourth-order valence-electron chi connectivity index (χ4n) is 6.45. The van der Waals surface area contributed by atoms with Crippen molar-refractivity contribution in [1.82, 2.24) is 24.7 Å². The van der Waals surface area contributed by atoms with Gasteiger partial charge in [0.05, 0.1) is 28.3 Å². The van der Waals surface area contributed by atoms with Crippen molar-refractivity contribution in [2.45, 2.75) is 32.9 Å². The number of nitrogens with one attached hydrogen (secondary N) is 1. The van der Waals surface area contributed by atoms with E-state index in [9.17, 15) is 14.7 Å². The maximum atomic E-state index is 14.4. The molecule has 1 atom stereocenters. The maximum Gasteiger partial charge on any atom is 0.351 e. The number of imidazole rings is 1. The summed E-state index contributed by atoms with van der Waals surface area (Å²) in [5.74, 6) is 0.950. The first kappa shape index (κ1) is 31.6. The number of urea groups is 1. The van der Waals surface area contributed by atoms with Gasteiger partial charge in [0.25, 0.3) is 5.91 Å². The van der Waals surface area contributed by atoms with Crippen LogP contribution in [0.1, 0.15) is 39.7 Å². The van der Waals surface area contributed by atoms with Gasteiger partial charge in [-0.3, -0.25) is 15.1 Å². The van der Waals surface area contributed by atoms with Crippen molar-refractivity contribution in [1.29, 1.82) is 0 Å². The summed E-state index contributed by atoms with van der Waals surface area (Å²) in [4.78, 5) is 36.8. The zero-order valence-electron chi connectivity index (χ0n) is 26.7. The Hall–Kier alpha value is -5.94. The van der Waals surface area contributed by atoms with Gasteiger partial charge in [-0.25, -0.2) is 14.8 Å². The molecule has 5 heterocycles. The highest BCUT2D eigenvalue weighted by Gasteiger charge is 2.33. The number of nitrogens with zero attached hydrogens (tertiary/aromatic N) is 5. The number of pyridine rings is 1. The van der Waals surface area contributed by atoms with Crippen LogP contribution in [-0.2, 0) is 13.0 Å². The molecule has 0 saturated carbocycles. The predicted molar refractivity (Wildman–Crippen MR) is 187 cm³/mol. The van der Waals surface area contributed by atoms with Crippen LogP contribution in [0.3, 0.4) is 0 Å². The molecule has 49 heavy (non-hydrogen) atoms. The molecule has 8 rings (SSSR count). The van der Waals surface area contributed by atoms with E-state index in [1.807, 2.05) is 59.0 Å². The van der Waals surface area contributed by atoms with Crippen molar-refractivity contribution in [3.8, 4) is 17.2 Å². The number of phenols is 1. The van der Waals surface area contributed by atoms with E-state index in [0.717, 1.165) is 17.7 Å². The van der Waals surface area contributed by atoms with Crippen molar-refractivity contribution in [3.05, 3.63) is 131 Å². The summed E-state index contributed by atoms with van der Waals surface area (Å²) in [6.07, 6.45) is 9.70. The number of allylic oxidation sites excluding steroid dienone is 2. The Morgan fingerprint density at radius 2 is 1.73 bits per heavy atom. The summed E-state index contributed by atoms with van der Waals surface area (Å²) >= 11 is 0. The molecule has 248 valence electrons. The van der Waals surface area contributed by atoms with Gasteiger partial charge in [-0.1, -0.05) is 24.3 Å². The Balaban J connectivity index is 0.00000378. The Kier molecular flexibility index (Phi) is 8.13. The lowest BCUT2D eigenvalue weighted by molar-refractivity contribution is 0.0657. The molecule has 3 amide bonds. The molecule has 0 saturated heterocycles. The summed E-state index contributed by atoms with van der Waals surface area (Å²) < 4.78 is 13.3. The standard InChI is InChI=1S/C37H32N6O5.ClH/c1-23-20-40-15-13-28(17-35(40)38-23)43(27-9-11-29(44)12-10-27)37(46)42-14-5-8-32(39-42)30-18-33-34(48-22-47-33)19-31(30)36(45)41-21-26-7-4-3-6-25(26)16-24(41)2;/h3-15,17-20,24,39,44H,16,21-22H2,1-2H3;1H/t24-;/m1./s1. The minimum Gasteiger partial charge on any atom is -0.508 e. The van der Waals surface area contributed by atoms with Gasteiger partial charge < -0.3 is 23.9 Å². The number of fused-ring (bicyclic) bond motifs is 3. The number of aryl methyl sites for hydroxylation is 1. The normalized spacial score (nSPS) is 16.0. The monoisotopic (exact) mass is 676 g/mol. The molecule has 3 aromatic carbocycles. The minimum atomic E-state index is -0.426. The van der Waals surface area contributed by atoms with Gasteiger partial charge in [0.2, 0.25) is 6.79 Å². The van der Waals surface area contributed by atoms with E-state index in [1.165, 1.54) is 27.6 Å². The molecule has 3 aliphatic rings. The van der Waals surface area contributed by atoms with E-state index in [1.54, 1.807) is 36.5 Å². The molecule has 0 aliphatic carbocycles. The number of aromatic hydroxyl groups is 1. The molecule has 0 spiro atoms. The summed E-state index contributed by atoms with van der Waals surface area (Å²) in [6.45, 7) is 4.51. The minimum absolute atomic E-state index is 0. The largest absolute Gasteiger partial charge is 0.508 e. The quantitative estimate of drug-likeness (QED) is 0.217. The summed E-state index contributed by atoms with van der Waals surface area (Å²) in [5, 5.41) is 11.4. The number of halogens is 1. The molecular weight excluding hydrogens is 644 g/mol. The first-order valence-electron chi connectivity index (χ1n) is 15.7. The first-order valence-corrected chi connectivity index (χ1v) is 15.7. The lowest BCUT2D eigenvalue weighted by atomic mass is 9.93. The molecule has 11 nitrogen and oxygen atoms in total. The van der Waals surface area contributed by atoms with Gasteiger partial charge in [-0.2, -0.15) is 0 Å². The number of hydrogen-bond acceptors (Lipinski definition) is 7. The number of ether oxygens (including phenoxy) is 2. The third-order valence-electron chi connectivity index (χ3n) is 8.87. The zero-order chi connectivity index (χ0) is 32.9. The Labute approximate surface area is 288 Å². The third-order valence-corrected chi connectivity index (χ3v) is 8.87. The Morgan fingerprint density at radius 3 is 2.53 bits per heavy atom. The third kappa shape index (κ3) is 5.78. The second kappa shape index (κ2) is 12.6. The highest BCUT2D eigenvalue weighted by atomic mass is 35.5. The van der Waals surface area contributed by atoms with E-state index in [-0.39, 0.29) is 36.9 Å². The van der Waals surface area contributed by atoms with E-state index in [2.05, 4.69) is 29.5 Å². The molecule has 2 aromatic heterocycles. The van der Waals surface area contributed by atoms with Crippen LogP contribution in [0.5, 0.6) is 17.2 Å². The van der Waals surface area contributed by atoms with Crippen molar-refractivity contribution < 1.29 is 24.2 Å². The number of rotatable bonds is 4. The van der Waals surface area contributed by atoms with E-state index in [0.29, 0.717) is 51.9 Å². The molecule has 12 heteroatoms. The SMILES string of the molecule is Cc1cn2ccc(N(C(=O)N3C=CC=C(c4cc5c(cc4C(=O)N4Cc6ccccc6C[C@H]4C)OCO5)N3)c3ccc(O)cc3)cc2n1.Cl. The fraction of sp³-hybridized carbons (Fsp3) is 0.162. The summed E-state index contributed by atoms with van der Waals surface area (Å²) in [5.41, 5.74) is 9.79. The van der Waals surface area contributed by atoms with E-state index in [4.69, 9.17) is 9.47 Å². The number of carbonyl (C=O) groups is 2. The number of phenolic OH excluding ortho intramolecular Hbond substituents is 1. The lowest BCUT2D eigenvalue weighted by Crippen LogP contribution is -2.46. The Morgan fingerprint density at radius 1 is 0.980 bits per heavy atom. The van der Waals surface area contributed by atoms with Gasteiger partial charge >= 0.3 is 6.03 Å². The number of anilines is 2. The Bertz CT molecular complexity index is 2160. The van der Waals surface area contributed by atoms with Crippen LogP contribution in [-0.4, -0.2) is 49.2 Å². The maximum absolute atomic E-state index is 14.4. The fourth-order valence-corrected chi connectivity index (χ4v) is 6.45. The van der Waals surface area contributed by atoms with Gasteiger partial charge in [-0.05, 0) is 86.0 Å². The van der Waals surface area contributed by atoms with Crippen LogP contribution in [0, 0.1) is 6.92 Å². The predicted octanol–water partition coefficient (Wildman–Crippen LogP) is 6.72. The molecule has 0 unspecified atom stereocenters. The second-order valence-corrected chi connectivity index (χ2v) is 12.1. The van der Waals surface area contributed by atoms with Gasteiger partial charge in [0, 0.05) is 42.8 Å². The number of amides is 3. The van der Waals surface area contributed by atoms with Crippen LogP contribution < -0.4 is 19.8 Å². The van der Waals surface area contributed by atoms with Crippen LogP contribution >= 0.6 is 12.4 Å². The van der Waals surface area contributed by atoms with Crippen molar-refractivity contribution >= 4 is 47.1 Å². The molecule has 2 N–H and O–H groups in total. The van der Waals surface area contributed by atoms with Crippen LogP contribution in [0.25, 0.3) is 11.3 Å². The van der Waals surface area contributed by atoms with Crippen LogP contribution in [0.15, 0.2) is 104 Å². The van der Waals surface area contributed by atoms with Gasteiger partial charge in [-0.15, -0.1) is 12.4 Å². The van der Waals surface area contributed by atoms with Crippen molar-refractivity contribution in [2.75, 3.05) is 11.7 Å². The van der Waals surface area contributed by atoms with Crippen LogP contribution in [0.2, 0.25) is 0 Å². The van der Waals surface area contributed by atoms with Gasteiger partial charge in [0.15, 0.2) is 11.5 Å². The average molecular weight is 677 g/mol. The topological polar surface area (TPSA) is 112 Å². The van der Waals surface area contributed by atoms with E-state index >= 15 is 0 Å². The van der Waals surface area contributed by atoms with Crippen LogP contribution in [0.4, 0.5) is 16.2 Å². The zero-order valence-corrected chi connectivity index (χ0v) is 27.6. The van der Waals surface area contributed by atoms with Crippen molar-refractivity contribution in [3.63, 3.8) is 0 Å². The first-order chi connectivity index (χ1) is 23.3. The number of hydrogen-bond donors (Lipinski definition) is 2. The molecule has 0 radical (unpaired) electrons. The lowest BCUT2D eigenvalue weighted by Gasteiger charge is -2.36. The summed E-state index contributed by atoms with van der Waals surface area (Å²) in [7, 11) is 0. The number of aromatic nitrogens is 2.